The van der Waals surface area contributed by atoms with Crippen molar-refractivity contribution in [2.45, 2.75) is 6.92 Å². The summed E-state index contributed by atoms with van der Waals surface area (Å²) < 4.78 is 7.21. The van der Waals surface area contributed by atoms with Gasteiger partial charge in [0.1, 0.15) is 0 Å². The number of benzene rings is 1. The fraction of sp³-hybridized carbons (Fsp3) is 0.154. The Morgan fingerprint density at radius 2 is 2.32 bits per heavy atom. The summed E-state index contributed by atoms with van der Waals surface area (Å²) in [5.74, 6) is -0.599. The van der Waals surface area contributed by atoms with Gasteiger partial charge in [0, 0.05) is 10.7 Å². The van der Waals surface area contributed by atoms with Crippen LogP contribution in [0.1, 0.15) is 27.8 Å². The minimum Gasteiger partial charge on any atom is -0.461 e. The van der Waals surface area contributed by atoms with Gasteiger partial charge in [-0.1, -0.05) is 22.0 Å². The second-order valence-corrected chi connectivity index (χ2v) is 4.61. The Kier molecular flexibility index (Phi) is 4.11. The van der Waals surface area contributed by atoms with Gasteiger partial charge in [-0.05, 0) is 25.1 Å². The average Bonchev–Trinajstić information content (AvgIpc) is 2.83. The lowest BCUT2D eigenvalue weighted by molar-refractivity contribution is 0.0517. The molecule has 0 fully saturated rings. The first kappa shape index (κ1) is 13.5. The highest BCUT2D eigenvalue weighted by Crippen LogP contribution is 2.17. The summed E-state index contributed by atoms with van der Waals surface area (Å²) in [7, 11) is 0. The van der Waals surface area contributed by atoms with E-state index in [2.05, 4.69) is 21.0 Å². The topological polar surface area (TPSA) is 61.2 Å². The SMILES string of the molecule is CCOC(=O)c1nn(-c2cccc(Br)c2)cc1C=O. The van der Waals surface area contributed by atoms with Crippen molar-refractivity contribution in [3.63, 3.8) is 0 Å². The molecule has 0 aliphatic carbocycles. The highest BCUT2D eigenvalue weighted by molar-refractivity contribution is 9.10. The molecular formula is C13H11BrN2O3. The van der Waals surface area contributed by atoms with Gasteiger partial charge in [0.15, 0.2) is 12.0 Å². The molecule has 0 spiro atoms. The van der Waals surface area contributed by atoms with Gasteiger partial charge in [-0.2, -0.15) is 5.10 Å². The van der Waals surface area contributed by atoms with Crippen LogP contribution in [0.5, 0.6) is 0 Å². The van der Waals surface area contributed by atoms with E-state index in [1.54, 1.807) is 6.92 Å². The molecule has 0 saturated carbocycles. The predicted molar refractivity (Wildman–Crippen MR) is 72.6 cm³/mol. The van der Waals surface area contributed by atoms with Gasteiger partial charge in [0.2, 0.25) is 0 Å². The molecule has 0 aliphatic heterocycles. The van der Waals surface area contributed by atoms with Crippen LogP contribution in [0.25, 0.3) is 5.69 Å². The molecular weight excluding hydrogens is 312 g/mol. The number of hydrogen-bond donors (Lipinski definition) is 0. The maximum absolute atomic E-state index is 11.7. The highest BCUT2D eigenvalue weighted by atomic mass is 79.9. The molecule has 0 atom stereocenters. The summed E-state index contributed by atoms with van der Waals surface area (Å²) in [5.41, 5.74) is 0.975. The van der Waals surface area contributed by atoms with Crippen LogP contribution in [0.15, 0.2) is 34.9 Å². The third kappa shape index (κ3) is 2.90. The molecule has 6 heteroatoms. The quantitative estimate of drug-likeness (QED) is 0.641. The van der Waals surface area contributed by atoms with Crippen LogP contribution >= 0.6 is 15.9 Å². The van der Waals surface area contributed by atoms with Gasteiger partial charge >= 0.3 is 5.97 Å². The number of ether oxygens (including phenoxy) is 1. The Balaban J connectivity index is 2.44. The number of halogens is 1. The molecule has 0 radical (unpaired) electrons. The lowest BCUT2D eigenvalue weighted by Crippen LogP contribution is -2.08. The van der Waals surface area contributed by atoms with Crippen molar-refractivity contribution in [3.8, 4) is 5.69 Å². The third-order valence-corrected chi connectivity index (χ3v) is 2.90. The molecule has 1 heterocycles. The Hall–Kier alpha value is -1.95. The van der Waals surface area contributed by atoms with Crippen LogP contribution in [0.2, 0.25) is 0 Å². The van der Waals surface area contributed by atoms with Crippen molar-refractivity contribution in [2.24, 2.45) is 0 Å². The van der Waals surface area contributed by atoms with E-state index in [-0.39, 0.29) is 17.9 Å². The monoisotopic (exact) mass is 322 g/mol. The van der Waals surface area contributed by atoms with Crippen LogP contribution in [-0.2, 0) is 4.74 Å². The Bertz CT molecular complexity index is 622. The molecule has 2 aromatic rings. The van der Waals surface area contributed by atoms with Gasteiger partial charge in [-0.15, -0.1) is 0 Å². The number of aldehydes is 1. The largest absolute Gasteiger partial charge is 0.461 e. The first-order valence-electron chi connectivity index (χ1n) is 5.63. The Morgan fingerprint density at radius 1 is 1.53 bits per heavy atom. The standard InChI is InChI=1S/C13H11BrN2O3/c1-2-19-13(18)12-9(8-17)7-16(15-12)11-5-3-4-10(14)6-11/h3-8H,2H2,1H3. The number of esters is 1. The minimum absolute atomic E-state index is 0.0248. The van der Waals surface area contributed by atoms with E-state index in [0.29, 0.717) is 6.29 Å². The van der Waals surface area contributed by atoms with Gasteiger partial charge < -0.3 is 4.74 Å². The van der Waals surface area contributed by atoms with E-state index in [1.165, 1.54) is 10.9 Å². The Labute approximate surface area is 118 Å². The van der Waals surface area contributed by atoms with E-state index >= 15 is 0 Å². The average molecular weight is 323 g/mol. The second-order valence-electron chi connectivity index (χ2n) is 3.70. The van der Waals surface area contributed by atoms with Crippen molar-refractivity contribution in [2.75, 3.05) is 6.61 Å². The van der Waals surface area contributed by atoms with Crippen LogP contribution in [0.4, 0.5) is 0 Å². The van der Waals surface area contributed by atoms with Crippen molar-refractivity contribution in [1.82, 2.24) is 9.78 Å². The van der Waals surface area contributed by atoms with E-state index < -0.39 is 5.97 Å². The molecule has 0 unspecified atom stereocenters. The molecule has 5 nitrogen and oxygen atoms in total. The van der Waals surface area contributed by atoms with E-state index in [4.69, 9.17) is 4.74 Å². The molecule has 1 aromatic heterocycles. The summed E-state index contributed by atoms with van der Waals surface area (Å²) in [4.78, 5) is 22.6. The summed E-state index contributed by atoms with van der Waals surface area (Å²) in [6.07, 6.45) is 2.09. The number of nitrogens with zero attached hydrogens (tertiary/aromatic N) is 2. The number of carbonyl (C=O) groups is 2. The smallest absolute Gasteiger partial charge is 0.359 e. The fourth-order valence-electron chi connectivity index (χ4n) is 1.58. The van der Waals surface area contributed by atoms with E-state index in [1.807, 2.05) is 24.3 Å². The minimum atomic E-state index is -0.599. The zero-order chi connectivity index (χ0) is 13.8. The van der Waals surface area contributed by atoms with Crippen LogP contribution in [-0.4, -0.2) is 28.6 Å². The predicted octanol–water partition coefficient (Wildman–Crippen LogP) is 2.62. The number of aromatic nitrogens is 2. The Morgan fingerprint density at radius 3 is 2.95 bits per heavy atom. The summed E-state index contributed by atoms with van der Waals surface area (Å²) in [6, 6.07) is 7.36. The van der Waals surface area contributed by atoms with Gasteiger partial charge in [0.05, 0.1) is 17.9 Å². The molecule has 1 aromatic carbocycles. The van der Waals surface area contributed by atoms with Crippen LogP contribution < -0.4 is 0 Å². The molecule has 0 aliphatic rings. The summed E-state index contributed by atoms with van der Waals surface area (Å²) >= 11 is 3.35. The second kappa shape index (κ2) is 5.79. The molecule has 2 rings (SSSR count). The first-order chi connectivity index (χ1) is 9.15. The van der Waals surface area contributed by atoms with Gasteiger partial charge in [-0.25, -0.2) is 9.48 Å². The zero-order valence-corrected chi connectivity index (χ0v) is 11.8. The van der Waals surface area contributed by atoms with Crippen molar-refractivity contribution in [3.05, 3.63) is 46.2 Å². The number of rotatable bonds is 4. The maximum atomic E-state index is 11.7. The molecule has 0 N–H and O–H groups in total. The molecule has 19 heavy (non-hydrogen) atoms. The lowest BCUT2D eigenvalue weighted by atomic mass is 10.3. The van der Waals surface area contributed by atoms with Crippen LogP contribution in [0.3, 0.4) is 0 Å². The number of carbonyl (C=O) groups excluding carboxylic acids is 2. The third-order valence-electron chi connectivity index (χ3n) is 2.41. The zero-order valence-electron chi connectivity index (χ0n) is 10.2. The number of hydrogen-bond acceptors (Lipinski definition) is 4. The molecule has 0 amide bonds. The molecule has 0 bridgehead atoms. The molecule has 0 saturated heterocycles. The van der Waals surface area contributed by atoms with E-state index in [9.17, 15) is 9.59 Å². The van der Waals surface area contributed by atoms with Crippen molar-refractivity contribution < 1.29 is 14.3 Å². The van der Waals surface area contributed by atoms with Crippen molar-refractivity contribution >= 4 is 28.2 Å². The summed E-state index contributed by atoms with van der Waals surface area (Å²) in [5, 5.41) is 4.10. The molecule has 98 valence electrons. The van der Waals surface area contributed by atoms with Gasteiger partial charge in [0.25, 0.3) is 0 Å². The normalized spacial score (nSPS) is 10.2. The highest BCUT2D eigenvalue weighted by Gasteiger charge is 2.18. The fourth-order valence-corrected chi connectivity index (χ4v) is 1.97. The summed E-state index contributed by atoms with van der Waals surface area (Å²) in [6.45, 7) is 1.94. The van der Waals surface area contributed by atoms with Crippen LogP contribution in [0, 0.1) is 0 Å². The van der Waals surface area contributed by atoms with Gasteiger partial charge in [-0.3, -0.25) is 4.79 Å². The first-order valence-corrected chi connectivity index (χ1v) is 6.43. The van der Waals surface area contributed by atoms with Crippen molar-refractivity contribution in [1.29, 1.82) is 0 Å². The maximum Gasteiger partial charge on any atom is 0.359 e. The van der Waals surface area contributed by atoms with E-state index in [0.717, 1.165) is 10.2 Å². The lowest BCUT2D eigenvalue weighted by Gasteiger charge is -2.01.